The predicted molar refractivity (Wildman–Crippen MR) is 134 cm³/mol. The van der Waals surface area contributed by atoms with Crippen LogP contribution in [0.4, 0.5) is 16.2 Å². The van der Waals surface area contributed by atoms with E-state index >= 15 is 0 Å². The molecule has 3 aromatic rings. The first-order valence-electron chi connectivity index (χ1n) is 11.1. The average Bonchev–Trinajstić information content (AvgIpc) is 2.84. The van der Waals surface area contributed by atoms with Gasteiger partial charge in [0.2, 0.25) is 0 Å². The van der Waals surface area contributed by atoms with Gasteiger partial charge in [0, 0.05) is 48.9 Å². The number of halogens is 3. The molecular formula is C24H25Cl2FN6O2. The van der Waals surface area contributed by atoms with E-state index in [1.165, 1.54) is 0 Å². The normalized spacial score (nSPS) is 14.7. The van der Waals surface area contributed by atoms with Gasteiger partial charge in [-0.1, -0.05) is 35.3 Å². The standard InChI is InChI=1S/C24H25Cl2FN6O2/c1-15-3-2-4-18(25)21(15)16-11-17(22(35)19(26)12-16)13-29-31-24-28-14-20(27)23(30-24)33-7-5-32(6-8-33)9-10-34/h2-4,11-12,14,34-35H,5-10,13H2,1H3. The van der Waals surface area contributed by atoms with Crippen LogP contribution in [0.3, 0.4) is 0 Å². The Balaban J connectivity index is 1.52. The number of aromatic hydroxyl groups is 1. The molecule has 1 saturated heterocycles. The van der Waals surface area contributed by atoms with Crippen molar-refractivity contribution in [3.05, 3.63) is 63.5 Å². The Hall–Kier alpha value is -2.85. The summed E-state index contributed by atoms with van der Waals surface area (Å²) in [5, 5.41) is 28.4. The van der Waals surface area contributed by atoms with Crippen molar-refractivity contribution in [2.24, 2.45) is 10.2 Å². The number of azo groups is 1. The first-order valence-corrected chi connectivity index (χ1v) is 11.9. The number of aromatic nitrogens is 2. The Morgan fingerprint density at radius 3 is 2.60 bits per heavy atom. The number of benzene rings is 2. The zero-order valence-corrected chi connectivity index (χ0v) is 20.6. The molecule has 2 N–H and O–H groups in total. The van der Waals surface area contributed by atoms with Crippen LogP contribution in [-0.2, 0) is 6.54 Å². The lowest BCUT2D eigenvalue weighted by Gasteiger charge is -2.35. The van der Waals surface area contributed by atoms with Crippen LogP contribution in [0, 0.1) is 12.7 Å². The number of nitrogens with zero attached hydrogens (tertiary/aromatic N) is 6. The number of β-amino-alcohol motifs (C(OH)–C–C–N with tert-alkyl or cyclic N) is 1. The maximum atomic E-state index is 14.4. The molecule has 1 fully saturated rings. The molecule has 0 radical (unpaired) electrons. The van der Waals surface area contributed by atoms with Crippen LogP contribution >= 0.6 is 23.2 Å². The quantitative estimate of drug-likeness (QED) is 0.427. The molecule has 0 amide bonds. The van der Waals surface area contributed by atoms with Crippen LogP contribution in [0.15, 0.2) is 46.8 Å². The lowest BCUT2D eigenvalue weighted by molar-refractivity contribution is 0.188. The van der Waals surface area contributed by atoms with Gasteiger partial charge in [-0.2, -0.15) is 10.1 Å². The van der Waals surface area contributed by atoms with Gasteiger partial charge in [0.05, 0.1) is 24.4 Å². The Kier molecular flexibility index (Phi) is 8.12. The van der Waals surface area contributed by atoms with E-state index < -0.39 is 5.82 Å². The van der Waals surface area contributed by atoms with Crippen molar-refractivity contribution >= 4 is 35.0 Å². The molecule has 0 aliphatic carbocycles. The maximum Gasteiger partial charge on any atom is 0.270 e. The first kappa shape index (κ1) is 25.2. The highest BCUT2D eigenvalue weighted by atomic mass is 35.5. The van der Waals surface area contributed by atoms with Crippen molar-refractivity contribution in [3.63, 3.8) is 0 Å². The highest BCUT2D eigenvalue weighted by Gasteiger charge is 2.21. The zero-order valence-electron chi connectivity index (χ0n) is 19.1. The summed E-state index contributed by atoms with van der Waals surface area (Å²) in [7, 11) is 0. The smallest absolute Gasteiger partial charge is 0.270 e. The monoisotopic (exact) mass is 518 g/mol. The van der Waals surface area contributed by atoms with Gasteiger partial charge in [-0.15, -0.1) is 5.11 Å². The lowest BCUT2D eigenvalue weighted by Crippen LogP contribution is -2.47. The molecule has 1 aliphatic rings. The summed E-state index contributed by atoms with van der Waals surface area (Å²) in [4.78, 5) is 12.1. The minimum Gasteiger partial charge on any atom is -0.506 e. The van der Waals surface area contributed by atoms with E-state index in [1.54, 1.807) is 18.2 Å². The Labute approximate surface area is 212 Å². The van der Waals surface area contributed by atoms with Gasteiger partial charge in [0.15, 0.2) is 11.6 Å². The lowest BCUT2D eigenvalue weighted by atomic mass is 9.98. The second kappa shape index (κ2) is 11.3. The zero-order chi connectivity index (χ0) is 24.9. The Morgan fingerprint density at radius 1 is 1.11 bits per heavy atom. The highest BCUT2D eigenvalue weighted by molar-refractivity contribution is 6.34. The van der Waals surface area contributed by atoms with Crippen molar-refractivity contribution < 1.29 is 14.6 Å². The second-order valence-corrected chi connectivity index (χ2v) is 9.01. The second-order valence-electron chi connectivity index (χ2n) is 8.19. The van der Waals surface area contributed by atoms with E-state index in [4.69, 9.17) is 28.3 Å². The van der Waals surface area contributed by atoms with Crippen molar-refractivity contribution in [2.45, 2.75) is 13.5 Å². The van der Waals surface area contributed by atoms with Gasteiger partial charge in [0.1, 0.15) is 5.75 Å². The minimum absolute atomic E-state index is 0.0127. The summed E-state index contributed by atoms with van der Waals surface area (Å²) in [5.41, 5.74) is 3.00. The third-order valence-electron chi connectivity index (χ3n) is 5.86. The average molecular weight is 519 g/mol. The van der Waals surface area contributed by atoms with Crippen LogP contribution in [0.5, 0.6) is 5.75 Å². The molecule has 11 heteroatoms. The molecule has 2 heterocycles. The van der Waals surface area contributed by atoms with Gasteiger partial charge in [-0.3, -0.25) is 4.90 Å². The van der Waals surface area contributed by atoms with E-state index in [-0.39, 0.29) is 35.7 Å². The number of aryl methyl sites for hydroxylation is 1. The van der Waals surface area contributed by atoms with E-state index in [1.807, 2.05) is 24.0 Å². The molecule has 1 aliphatic heterocycles. The summed E-state index contributed by atoms with van der Waals surface area (Å²) in [5.74, 6) is -0.449. The summed E-state index contributed by atoms with van der Waals surface area (Å²) in [6, 6.07) is 9.01. The predicted octanol–water partition coefficient (Wildman–Crippen LogP) is 5.00. The van der Waals surface area contributed by atoms with Crippen LogP contribution in [0.2, 0.25) is 10.0 Å². The number of anilines is 1. The third-order valence-corrected chi connectivity index (χ3v) is 6.46. The molecule has 184 valence electrons. The van der Waals surface area contributed by atoms with E-state index in [9.17, 15) is 9.50 Å². The fraction of sp³-hybridized carbons (Fsp3) is 0.333. The number of phenolic OH excluding ortho intramolecular Hbond substituents is 1. The number of hydrogen-bond donors (Lipinski definition) is 2. The maximum absolute atomic E-state index is 14.4. The van der Waals surface area contributed by atoms with Crippen LogP contribution in [-0.4, -0.2) is 64.4 Å². The van der Waals surface area contributed by atoms with Crippen molar-refractivity contribution in [3.8, 4) is 16.9 Å². The fourth-order valence-corrected chi connectivity index (χ4v) is 4.61. The number of phenols is 1. The molecule has 8 nitrogen and oxygen atoms in total. The molecule has 0 unspecified atom stereocenters. The molecule has 0 saturated carbocycles. The van der Waals surface area contributed by atoms with Crippen molar-refractivity contribution in [1.82, 2.24) is 14.9 Å². The summed E-state index contributed by atoms with van der Waals surface area (Å²) in [6.07, 6.45) is 1.08. The number of hydrogen-bond acceptors (Lipinski definition) is 8. The Morgan fingerprint density at radius 2 is 1.89 bits per heavy atom. The number of rotatable bonds is 7. The van der Waals surface area contributed by atoms with Crippen LogP contribution in [0.25, 0.3) is 11.1 Å². The summed E-state index contributed by atoms with van der Waals surface area (Å²) >= 11 is 12.7. The van der Waals surface area contributed by atoms with E-state index in [2.05, 4.69) is 25.1 Å². The molecule has 4 rings (SSSR count). The van der Waals surface area contributed by atoms with Gasteiger partial charge < -0.3 is 15.1 Å². The number of aliphatic hydroxyl groups excluding tert-OH is 1. The molecule has 0 spiro atoms. The Bertz CT molecular complexity index is 1210. The number of aliphatic hydroxyl groups is 1. The third kappa shape index (κ3) is 5.87. The van der Waals surface area contributed by atoms with Gasteiger partial charge in [-0.05, 0) is 36.2 Å². The van der Waals surface area contributed by atoms with Crippen LogP contribution < -0.4 is 4.90 Å². The molecule has 35 heavy (non-hydrogen) atoms. The largest absolute Gasteiger partial charge is 0.506 e. The molecule has 0 bridgehead atoms. The summed E-state index contributed by atoms with van der Waals surface area (Å²) in [6.45, 7) is 5.18. The first-order chi connectivity index (χ1) is 16.9. The van der Waals surface area contributed by atoms with Crippen LogP contribution in [0.1, 0.15) is 11.1 Å². The molecular weight excluding hydrogens is 494 g/mol. The molecule has 0 atom stereocenters. The van der Waals surface area contributed by atoms with Crippen molar-refractivity contribution in [2.75, 3.05) is 44.2 Å². The van der Waals surface area contributed by atoms with Crippen molar-refractivity contribution in [1.29, 1.82) is 0 Å². The summed E-state index contributed by atoms with van der Waals surface area (Å²) < 4.78 is 14.4. The fourth-order valence-electron chi connectivity index (χ4n) is 4.04. The van der Waals surface area contributed by atoms with Gasteiger partial charge >= 0.3 is 0 Å². The van der Waals surface area contributed by atoms with E-state index in [0.717, 1.165) is 22.9 Å². The SMILES string of the molecule is Cc1cccc(Cl)c1-c1cc(Cl)c(O)c(CN=Nc2ncc(F)c(N3CCN(CCO)CC3)n2)c1. The molecule has 1 aromatic heterocycles. The van der Waals surface area contributed by atoms with E-state index in [0.29, 0.717) is 43.3 Å². The molecule has 2 aromatic carbocycles. The minimum atomic E-state index is -0.535. The van der Waals surface area contributed by atoms with Gasteiger partial charge in [0.25, 0.3) is 5.95 Å². The number of piperazine rings is 1. The topological polar surface area (TPSA) is 97.4 Å². The highest BCUT2D eigenvalue weighted by Crippen LogP contribution is 2.38. The van der Waals surface area contributed by atoms with Gasteiger partial charge in [-0.25, -0.2) is 9.37 Å².